The molecule has 0 atom stereocenters. The third kappa shape index (κ3) is 6.05. The number of carbonyl (C=O) groups is 3. The summed E-state index contributed by atoms with van der Waals surface area (Å²) in [5.41, 5.74) is 1.62. The van der Waals surface area contributed by atoms with Crippen molar-refractivity contribution in [2.45, 2.75) is 20.5 Å². The highest BCUT2D eigenvalue weighted by atomic mass is 35.5. The molecule has 2 aromatic rings. The maximum absolute atomic E-state index is 12.6. The molecule has 0 saturated carbocycles. The molecule has 1 heterocycles. The summed E-state index contributed by atoms with van der Waals surface area (Å²) < 4.78 is 16.4. The van der Waals surface area contributed by atoms with E-state index in [4.69, 9.17) is 25.8 Å². The number of imide groups is 1. The number of esters is 1. The molecule has 0 spiro atoms. The Morgan fingerprint density at radius 2 is 1.78 bits per heavy atom. The van der Waals surface area contributed by atoms with Gasteiger partial charge in [0.2, 0.25) is 0 Å². The minimum absolute atomic E-state index is 0.178. The van der Waals surface area contributed by atoms with Crippen LogP contribution in [0.15, 0.2) is 47.4 Å². The first kappa shape index (κ1) is 23.7. The Labute approximate surface area is 195 Å². The molecule has 1 aliphatic heterocycles. The van der Waals surface area contributed by atoms with Crippen LogP contribution >= 0.6 is 23.4 Å². The lowest BCUT2D eigenvalue weighted by molar-refractivity contribution is -0.145. The normalized spacial score (nSPS) is 14.7. The van der Waals surface area contributed by atoms with Crippen molar-refractivity contribution < 1.29 is 28.6 Å². The van der Waals surface area contributed by atoms with Crippen molar-refractivity contribution >= 4 is 46.6 Å². The second-order valence-corrected chi connectivity index (χ2v) is 8.06. The lowest BCUT2D eigenvalue weighted by atomic mass is 10.1. The van der Waals surface area contributed by atoms with E-state index in [9.17, 15) is 14.4 Å². The van der Waals surface area contributed by atoms with Crippen molar-refractivity contribution in [3.05, 3.63) is 63.5 Å². The Morgan fingerprint density at radius 3 is 2.47 bits per heavy atom. The number of halogens is 1. The van der Waals surface area contributed by atoms with E-state index in [0.29, 0.717) is 35.3 Å². The Hall–Kier alpha value is -2.97. The number of rotatable bonds is 9. The first-order chi connectivity index (χ1) is 15.4. The monoisotopic (exact) mass is 475 g/mol. The predicted octanol–water partition coefficient (Wildman–Crippen LogP) is 4.92. The summed E-state index contributed by atoms with van der Waals surface area (Å²) in [6, 6.07) is 12.6. The van der Waals surface area contributed by atoms with Crippen molar-refractivity contribution in [2.24, 2.45) is 0 Å². The average Bonchev–Trinajstić information content (AvgIpc) is 3.02. The third-order valence-corrected chi connectivity index (χ3v) is 5.50. The van der Waals surface area contributed by atoms with E-state index in [2.05, 4.69) is 0 Å². The van der Waals surface area contributed by atoms with Crippen molar-refractivity contribution in [3.8, 4) is 11.5 Å². The smallest absolute Gasteiger partial charge is 0.326 e. The standard InChI is InChI=1S/C23H22ClNO6S/c1-3-29-19-11-16(7-10-18(19)31-14-15-5-8-17(24)9-6-15)12-20-22(27)25(23(28)32-20)13-21(26)30-4-2/h5-12H,3-4,13-14H2,1-2H3. The molecule has 1 aliphatic rings. The molecule has 3 rings (SSSR count). The number of thioether (sulfide) groups is 1. The summed E-state index contributed by atoms with van der Waals surface area (Å²) in [5.74, 6) is -0.0960. The number of carbonyl (C=O) groups excluding carboxylic acids is 3. The summed E-state index contributed by atoms with van der Waals surface area (Å²) >= 11 is 6.69. The fourth-order valence-corrected chi connectivity index (χ4v) is 3.83. The SMILES string of the molecule is CCOC(=O)CN1C(=O)SC(=Cc2ccc(OCc3ccc(Cl)cc3)c(OCC)c2)C1=O. The molecule has 7 nitrogen and oxygen atoms in total. The van der Waals surface area contributed by atoms with Gasteiger partial charge in [0.05, 0.1) is 18.1 Å². The van der Waals surface area contributed by atoms with Gasteiger partial charge in [0.15, 0.2) is 11.5 Å². The van der Waals surface area contributed by atoms with Crippen molar-refractivity contribution in [2.75, 3.05) is 19.8 Å². The highest BCUT2D eigenvalue weighted by Crippen LogP contribution is 2.35. The van der Waals surface area contributed by atoms with Crippen molar-refractivity contribution in [1.29, 1.82) is 0 Å². The van der Waals surface area contributed by atoms with E-state index in [1.54, 1.807) is 43.3 Å². The summed E-state index contributed by atoms with van der Waals surface area (Å²) in [4.78, 5) is 37.5. The second kappa shape index (κ2) is 11.1. The maximum Gasteiger partial charge on any atom is 0.326 e. The molecule has 0 bridgehead atoms. The van der Waals surface area contributed by atoms with Crippen molar-refractivity contribution in [3.63, 3.8) is 0 Å². The molecule has 0 aromatic heterocycles. The van der Waals surface area contributed by atoms with Crippen LogP contribution in [0.5, 0.6) is 11.5 Å². The number of nitrogens with zero attached hydrogens (tertiary/aromatic N) is 1. The van der Waals surface area contributed by atoms with Gasteiger partial charge in [0, 0.05) is 5.02 Å². The number of benzene rings is 2. The quantitative estimate of drug-likeness (QED) is 0.376. The summed E-state index contributed by atoms with van der Waals surface area (Å²) in [6.07, 6.45) is 1.58. The van der Waals surface area contributed by atoms with Crippen LogP contribution < -0.4 is 9.47 Å². The Kier molecular flexibility index (Phi) is 8.19. The van der Waals surface area contributed by atoms with E-state index < -0.39 is 23.7 Å². The van der Waals surface area contributed by atoms with Crippen LogP contribution in [0.25, 0.3) is 6.08 Å². The van der Waals surface area contributed by atoms with Crippen LogP contribution in [-0.2, 0) is 20.9 Å². The maximum atomic E-state index is 12.6. The third-order valence-electron chi connectivity index (χ3n) is 4.34. The molecule has 0 unspecified atom stereocenters. The molecule has 0 aliphatic carbocycles. The molecule has 2 aromatic carbocycles. The Bertz CT molecular complexity index is 1040. The topological polar surface area (TPSA) is 82.1 Å². The largest absolute Gasteiger partial charge is 0.490 e. The minimum Gasteiger partial charge on any atom is -0.490 e. The fourth-order valence-electron chi connectivity index (χ4n) is 2.87. The molecular formula is C23H22ClNO6S. The van der Waals surface area contributed by atoms with Crippen LogP contribution in [0.2, 0.25) is 5.02 Å². The predicted molar refractivity (Wildman–Crippen MR) is 123 cm³/mol. The fraction of sp³-hybridized carbons (Fsp3) is 0.261. The molecular weight excluding hydrogens is 454 g/mol. The van der Waals surface area contributed by atoms with Crippen molar-refractivity contribution in [1.82, 2.24) is 4.90 Å². The average molecular weight is 476 g/mol. The number of hydrogen-bond donors (Lipinski definition) is 0. The van der Waals surface area contributed by atoms with Gasteiger partial charge in [-0.15, -0.1) is 0 Å². The first-order valence-electron chi connectivity index (χ1n) is 9.96. The summed E-state index contributed by atoms with van der Waals surface area (Å²) in [7, 11) is 0. The van der Waals surface area contributed by atoms with E-state index in [1.165, 1.54) is 0 Å². The van der Waals surface area contributed by atoms with Gasteiger partial charge in [-0.1, -0.05) is 29.8 Å². The zero-order valence-electron chi connectivity index (χ0n) is 17.6. The molecule has 32 heavy (non-hydrogen) atoms. The lowest BCUT2D eigenvalue weighted by Crippen LogP contribution is -2.34. The first-order valence-corrected chi connectivity index (χ1v) is 11.2. The summed E-state index contributed by atoms with van der Waals surface area (Å²) in [5, 5.41) is 0.141. The van der Waals surface area contributed by atoms with E-state index >= 15 is 0 Å². The van der Waals surface area contributed by atoms with Crippen LogP contribution in [0.4, 0.5) is 4.79 Å². The second-order valence-electron chi connectivity index (χ2n) is 6.63. The zero-order chi connectivity index (χ0) is 23.1. The minimum atomic E-state index is -0.628. The molecule has 1 fully saturated rings. The van der Waals surface area contributed by atoms with Gasteiger partial charge >= 0.3 is 5.97 Å². The Morgan fingerprint density at radius 1 is 1.03 bits per heavy atom. The lowest BCUT2D eigenvalue weighted by Gasteiger charge is -2.13. The highest BCUT2D eigenvalue weighted by Gasteiger charge is 2.36. The molecule has 168 valence electrons. The molecule has 2 amide bonds. The van der Waals surface area contributed by atoms with Crippen LogP contribution in [0.3, 0.4) is 0 Å². The number of amides is 2. The van der Waals surface area contributed by atoms with Gasteiger partial charge < -0.3 is 14.2 Å². The summed E-state index contributed by atoms with van der Waals surface area (Å²) in [6.45, 7) is 4.05. The number of ether oxygens (including phenoxy) is 3. The van der Waals surface area contributed by atoms with E-state index in [0.717, 1.165) is 22.2 Å². The van der Waals surface area contributed by atoms with Gasteiger partial charge in [0.25, 0.3) is 11.1 Å². The van der Waals surface area contributed by atoms with Gasteiger partial charge in [-0.25, -0.2) is 0 Å². The number of hydrogen-bond acceptors (Lipinski definition) is 7. The molecule has 9 heteroatoms. The Balaban J connectivity index is 1.75. The van der Waals surface area contributed by atoms with E-state index in [-0.39, 0.29) is 11.5 Å². The van der Waals surface area contributed by atoms with Crippen LogP contribution in [0.1, 0.15) is 25.0 Å². The van der Waals surface area contributed by atoms with Gasteiger partial charge in [-0.3, -0.25) is 19.3 Å². The van der Waals surface area contributed by atoms with Crippen LogP contribution in [0, 0.1) is 0 Å². The highest BCUT2D eigenvalue weighted by molar-refractivity contribution is 8.18. The van der Waals surface area contributed by atoms with Gasteiger partial charge in [0.1, 0.15) is 13.2 Å². The van der Waals surface area contributed by atoms with Gasteiger partial charge in [-0.2, -0.15) is 0 Å². The van der Waals surface area contributed by atoms with Gasteiger partial charge in [-0.05, 0) is 67.1 Å². The molecule has 0 radical (unpaired) electrons. The molecule has 0 N–H and O–H groups in total. The zero-order valence-corrected chi connectivity index (χ0v) is 19.2. The van der Waals surface area contributed by atoms with Crippen LogP contribution in [-0.4, -0.2) is 41.8 Å². The van der Waals surface area contributed by atoms with E-state index in [1.807, 2.05) is 19.1 Å². The molecule has 1 saturated heterocycles.